The highest BCUT2D eigenvalue weighted by atomic mass is 35.5. The summed E-state index contributed by atoms with van der Waals surface area (Å²) in [7, 11) is -8.87. The third-order valence-electron chi connectivity index (χ3n) is 6.52. The topological polar surface area (TPSA) is 278 Å². The van der Waals surface area contributed by atoms with Gasteiger partial charge in [-0.05, 0) is 30.2 Å². The molecule has 6 rings (SSSR count). The molecule has 47 heavy (non-hydrogen) atoms. The summed E-state index contributed by atoms with van der Waals surface area (Å²) < 4.78 is 87.5. The first-order valence-corrected chi connectivity index (χ1v) is 16.4. The highest BCUT2D eigenvalue weighted by molar-refractivity contribution is 7.86. The molecule has 18 nitrogen and oxygen atoms in total. The number of nitrogen functional groups attached to an aromatic ring is 1. The predicted molar refractivity (Wildman–Crippen MR) is 165 cm³/mol. The quantitative estimate of drug-likeness (QED) is 0.0536. The Balaban J connectivity index is 1.68. The number of fused-ring (bicyclic) bond motifs is 4. The molecule has 0 radical (unpaired) electrons. The van der Waals surface area contributed by atoms with E-state index in [2.05, 4.69) is 35.6 Å². The van der Waals surface area contributed by atoms with Gasteiger partial charge in [-0.3, -0.25) is 14.4 Å². The van der Waals surface area contributed by atoms with Gasteiger partial charge < -0.3 is 24.9 Å². The number of nitrogens with two attached hydrogens (primary N) is 1. The van der Waals surface area contributed by atoms with Crippen LogP contribution in [0.5, 0.6) is 17.2 Å². The van der Waals surface area contributed by atoms with Gasteiger partial charge in [-0.25, -0.2) is 9.98 Å². The van der Waals surface area contributed by atoms with Crippen LogP contribution in [0.2, 0.25) is 15.3 Å². The maximum absolute atomic E-state index is 12.8. The normalized spacial score (nSPS) is 13.0. The molecule has 0 atom stereocenters. The predicted octanol–water partition coefficient (Wildman–Crippen LogP) is 4.45. The third-order valence-corrected chi connectivity index (χ3v) is 9.23. The van der Waals surface area contributed by atoms with E-state index < -0.39 is 52.4 Å². The van der Waals surface area contributed by atoms with Gasteiger partial charge in [0.15, 0.2) is 44.6 Å². The maximum Gasteiger partial charge on any atom is 0.300 e. The van der Waals surface area contributed by atoms with Crippen molar-refractivity contribution in [3.05, 3.63) is 38.4 Å². The van der Waals surface area contributed by atoms with Crippen molar-refractivity contribution in [1.82, 2.24) is 19.9 Å². The van der Waals surface area contributed by atoms with E-state index in [1.807, 2.05) is 0 Å². The van der Waals surface area contributed by atoms with Crippen LogP contribution in [0.3, 0.4) is 0 Å². The number of hydrogen-bond acceptors (Lipinski definition) is 16. The van der Waals surface area contributed by atoms with Gasteiger partial charge in [0.25, 0.3) is 16.1 Å². The first kappa shape index (κ1) is 32.2. The Labute approximate surface area is 277 Å². The van der Waals surface area contributed by atoms with Crippen LogP contribution in [0.25, 0.3) is 22.6 Å². The highest BCUT2D eigenvalue weighted by Crippen LogP contribution is 2.55. The van der Waals surface area contributed by atoms with Crippen molar-refractivity contribution >= 4 is 95.1 Å². The Morgan fingerprint density at radius 3 is 2.38 bits per heavy atom. The highest BCUT2D eigenvalue weighted by Gasteiger charge is 2.36. The van der Waals surface area contributed by atoms with Crippen LogP contribution in [-0.4, -0.2) is 53.0 Å². The number of nitrogens with zero attached hydrogens (tertiary/aromatic N) is 6. The molecule has 1 aliphatic carbocycles. The fourth-order valence-corrected chi connectivity index (χ4v) is 6.85. The fraction of sp³-hybridized carbons (Fsp3) is 0.0833. The summed E-state index contributed by atoms with van der Waals surface area (Å²) in [5, 5.41) is 12.4. The molecule has 0 amide bonds. The van der Waals surface area contributed by atoms with Gasteiger partial charge in [-0.1, -0.05) is 23.2 Å². The molecule has 0 saturated carbocycles. The molecule has 2 aromatic carbocycles. The first-order valence-electron chi connectivity index (χ1n) is 12.3. The van der Waals surface area contributed by atoms with Gasteiger partial charge in [0.1, 0.15) is 26.9 Å². The number of methoxy groups -OCH3 is 1. The fourth-order valence-electron chi connectivity index (χ4n) is 4.60. The van der Waals surface area contributed by atoms with E-state index in [0.29, 0.717) is 0 Å². The lowest BCUT2D eigenvalue weighted by molar-refractivity contribution is 0.410. The smallest absolute Gasteiger partial charge is 0.300 e. The van der Waals surface area contributed by atoms with Crippen LogP contribution in [0, 0.1) is 18.4 Å². The van der Waals surface area contributed by atoms with Crippen molar-refractivity contribution in [3.63, 3.8) is 0 Å². The zero-order valence-corrected chi connectivity index (χ0v) is 27.0. The summed E-state index contributed by atoms with van der Waals surface area (Å²) in [6, 6.07) is 2.48. The number of hydrogen-bond donors (Lipinski definition) is 5. The Kier molecular flexibility index (Phi) is 7.67. The van der Waals surface area contributed by atoms with E-state index in [1.165, 1.54) is 20.1 Å². The van der Waals surface area contributed by atoms with Gasteiger partial charge in [-0.2, -0.15) is 37.0 Å². The summed E-state index contributed by atoms with van der Waals surface area (Å²) in [6.45, 7) is 1.49. The Bertz CT molecular complexity index is 2520. The molecule has 0 unspecified atom stereocenters. The number of ether oxygens (including phenoxy) is 2. The number of aromatic nitrogens is 4. The molecule has 0 spiro atoms. The zero-order valence-electron chi connectivity index (χ0n) is 23.1. The van der Waals surface area contributed by atoms with E-state index in [4.69, 9.17) is 59.7 Å². The number of benzene rings is 3. The second kappa shape index (κ2) is 11.2. The molecular weight excluding hydrogens is 729 g/mol. The molecule has 2 aliphatic heterocycles. The lowest BCUT2D eigenvalue weighted by Crippen LogP contribution is -2.19. The summed E-state index contributed by atoms with van der Waals surface area (Å²) in [4.78, 5) is 18.1. The molecule has 3 aliphatic rings. The molecule has 6 N–H and O–H groups in total. The van der Waals surface area contributed by atoms with Gasteiger partial charge in [-0.15, -0.1) is 0 Å². The number of halogens is 3. The number of anilines is 4. The SMILES string of the molecule is COc1cc(=Nc2nc(Cl)nc(NC#N)n2)c(S(=O)(=O)O)c2oc3c(Cl)c4c(c(Cl)c3nc1-2)Oc1c(cc(C)c(N)c1S(=O)(=O)O)N4. The molecular formula is C24H14Cl3N9O9S2. The minimum absolute atomic E-state index is 0.0190. The van der Waals surface area contributed by atoms with Crippen molar-refractivity contribution < 1.29 is 39.8 Å². The van der Waals surface area contributed by atoms with Crippen LogP contribution >= 0.6 is 34.8 Å². The van der Waals surface area contributed by atoms with Gasteiger partial charge in [0.05, 0.1) is 23.8 Å². The van der Waals surface area contributed by atoms with Crippen molar-refractivity contribution in [2.75, 3.05) is 23.5 Å². The van der Waals surface area contributed by atoms with E-state index in [9.17, 15) is 25.9 Å². The van der Waals surface area contributed by atoms with Crippen LogP contribution in [0.1, 0.15) is 5.56 Å². The zero-order chi connectivity index (χ0) is 34.2. The standard InChI is InChI=1S/C24H14Cl3N9O9S2/c1-6-3-7-16(21(12(6)29)47(40,41)42)44-17-11(26)15-18(10(25)14(17)31-7)45-19-13(33-15)9(43-2)4-8(20(19)46(37,38)39)32-24-35-22(27)34-23(36-24)30-5-28/h3-4,31H,29H2,1-2H3,(H,37,38,39)(H,40,41,42)(H,30,34,35,36). The lowest BCUT2D eigenvalue weighted by Gasteiger charge is -2.27. The average molecular weight is 743 g/mol. The maximum atomic E-state index is 12.8. The number of rotatable bonds is 5. The van der Waals surface area contributed by atoms with E-state index >= 15 is 0 Å². The van der Waals surface area contributed by atoms with Crippen LogP contribution < -0.4 is 31.2 Å². The Morgan fingerprint density at radius 2 is 1.74 bits per heavy atom. The summed E-state index contributed by atoms with van der Waals surface area (Å²) >= 11 is 19.3. The van der Waals surface area contributed by atoms with Crippen molar-refractivity contribution in [2.45, 2.75) is 16.7 Å². The lowest BCUT2D eigenvalue weighted by atomic mass is 10.1. The number of nitriles is 1. The molecule has 0 bridgehead atoms. The van der Waals surface area contributed by atoms with E-state index in [0.717, 1.165) is 6.07 Å². The second-order valence-electron chi connectivity index (χ2n) is 9.40. The molecule has 0 saturated heterocycles. The van der Waals surface area contributed by atoms with Crippen LogP contribution in [0.15, 0.2) is 31.3 Å². The minimum atomic E-state index is -5.18. The van der Waals surface area contributed by atoms with E-state index in [-0.39, 0.29) is 72.7 Å². The molecule has 242 valence electrons. The van der Waals surface area contributed by atoms with Gasteiger partial charge >= 0.3 is 10.1 Å². The van der Waals surface area contributed by atoms with E-state index in [1.54, 1.807) is 6.19 Å². The molecule has 3 aromatic rings. The summed E-state index contributed by atoms with van der Waals surface area (Å²) in [5.74, 6) is -2.17. The third kappa shape index (κ3) is 5.42. The largest absolute Gasteiger partial charge is 0.494 e. The van der Waals surface area contributed by atoms with Crippen LogP contribution in [0.4, 0.5) is 29.0 Å². The molecule has 23 heteroatoms. The minimum Gasteiger partial charge on any atom is -0.494 e. The molecule has 1 aromatic heterocycles. The summed E-state index contributed by atoms with van der Waals surface area (Å²) in [5.41, 5.74) is 5.04. The number of nitrogens with one attached hydrogen (secondary N) is 2. The number of aryl methyl sites for hydroxylation is 1. The average Bonchev–Trinajstić information content (AvgIpc) is 2.97. The molecule has 0 fully saturated rings. The van der Waals surface area contributed by atoms with Crippen molar-refractivity contribution in [2.24, 2.45) is 4.99 Å². The first-order chi connectivity index (χ1) is 22.0. The van der Waals surface area contributed by atoms with Gasteiger partial charge in [0, 0.05) is 6.07 Å². The Morgan fingerprint density at radius 1 is 1.04 bits per heavy atom. The van der Waals surface area contributed by atoms with Crippen LogP contribution in [-0.2, 0) is 20.2 Å². The van der Waals surface area contributed by atoms with Gasteiger partial charge in [0.2, 0.25) is 11.2 Å². The second-order valence-corrected chi connectivity index (χ2v) is 13.2. The monoisotopic (exact) mass is 741 g/mol. The molecule has 3 heterocycles. The summed E-state index contributed by atoms with van der Waals surface area (Å²) in [6.07, 6.45) is 1.59. The Hall–Kier alpha value is -4.75. The van der Waals surface area contributed by atoms with Crippen molar-refractivity contribution in [1.29, 1.82) is 5.26 Å². The van der Waals surface area contributed by atoms with Crippen molar-refractivity contribution in [3.8, 4) is 34.9 Å².